The molecule has 0 atom stereocenters. The number of amides is 2. The van der Waals surface area contributed by atoms with Gasteiger partial charge in [0.05, 0.1) is 11.4 Å². The third-order valence-corrected chi connectivity index (χ3v) is 5.88. The standard InChI is InChI=1S/C18H19N3O4S/c22-17(19-13-14-5-2-1-3-6-14)18(23)20-15-7-9-16(10-8-15)21-11-4-12-26(21,24)25/h1-3,5-10H,4,11-13H2,(H,19,22)(H,20,23). The Kier molecular flexibility index (Phi) is 5.22. The SMILES string of the molecule is O=C(NCc1ccccc1)C(=O)Nc1ccc(N2CCCS2(=O)=O)cc1. The van der Waals surface area contributed by atoms with Crippen molar-refractivity contribution in [2.75, 3.05) is 21.9 Å². The van der Waals surface area contributed by atoms with Crippen molar-refractivity contribution in [3.63, 3.8) is 0 Å². The van der Waals surface area contributed by atoms with Gasteiger partial charge in [-0.1, -0.05) is 30.3 Å². The molecule has 0 unspecified atom stereocenters. The van der Waals surface area contributed by atoms with Crippen molar-refractivity contribution in [2.45, 2.75) is 13.0 Å². The molecule has 7 nitrogen and oxygen atoms in total. The van der Waals surface area contributed by atoms with E-state index in [0.717, 1.165) is 5.56 Å². The highest BCUT2D eigenvalue weighted by Gasteiger charge is 2.28. The minimum Gasteiger partial charge on any atom is -0.344 e. The third kappa shape index (κ3) is 4.20. The van der Waals surface area contributed by atoms with Crippen LogP contribution >= 0.6 is 0 Å². The van der Waals surface area contributed by atoms with Crippen molar-refractivity contribution in [2.24, 2.45) is 0 Å². The number of carbonyl (C=O) groups is 2. The third-order valence-electron chi connectivity index (χ3n) is 4.01. The Morgan fingerprint density at radius 2 is 1.65 bits per heavy atom. The molecule has 8 heteroatoms. The van der Waals surface area contributed by atoms with E-state index in [1.165, 1.54) is 4.31 Å². The van der Waals surface area contributed by atoms with Crippen LogP contribution in [0.25, 0.3) is 0 Å². The maximum absolute atomic E-state index is 11.9. The number of hydrogen-bond acceptors (Lipinski definition) is 4. The highest BCUT2D eigenvalue weighted by molar-refractivity contribution is 7.93. The average molecular weight is 373 g/mol. The molecule has 0 aromatic heterocycles. The smallest absolute Gasteiger partial charge is 0.313 e. The van der Waals surface area contributed by atoms with Crippen molar-refractivity contribution in [3.8, 4) is 0 Å². The van der Waals surface area contributed by atoms with E-state index < -0.39 is 21.8 Å². The van der Waals surface area contributed by atoms with Crippen molar-refractivity contribution in [1.29, 1.82) is 0 Å². The lowest BCUT2D eigenvalue weighted by atomic mass is 10.2. The Morgan fingerprint density at radius 1 is 0.962 bits per heavy atom. The highest BCUT2D eigenvalue weighted by Crippen LogP contribution is 2.25. The summed E-state index contributed by atoms with van der Waals surface area (Å²) in [6.45, 7) is 0.717. The highest BCUT2D eigenvalue weighted by atomic mass is 32.2. The summed E-state index contributed by atoms with van der Waals surface area (Å²) in [5.41, 5.74) is 1.86. The molecule has 0 saturated carbocycles. The van der Waals surface area contributed by atoms with Crippen molar-refractivity contribution >= 4 is 33.2 Å². The fraction of sp³-hybridized carbons (Fsp3) is 0.222. The van der Waals surface area contributed by atoms with E-state index in [2.05, 4.69) is 10.6 Å². The number of rotatable bonds is 4. The van der Waals surface area contributed by atoms with Crippen molar-refractivity contribution in [3.05, 3.63) is 60.2 Å². The van der Waals surface area contributed by atoms with Gasteiger partial charge < -0.3 is 10.6 Å². The maximum atomic E-state index is 11.9. The molecule has 1 saturated heterocycles. The zero-order valence-electron chi connectivity index (χ0n) is 14.0. The van der Waals surface area contributed by atoms with Crippen molar-refractivity contribution in [1.82, 2.24) is 5.32 Å². The first kappa shape index (κ1) is 17.9. The molecule has 2 aromatic carbocycles. The van der Waals surface area contributed by atoms with Crippen LogP contribution in [-0.2, 0) is 26.2 Å². The molecule has 2 amide bonds. The van der Waals surface area contributed by atoms with E-state index in [1.807, 2.05) is 30.3 Å². The maximum Gasteiger partial charge on any atom is 0.313 e. The molecule has 3 rings (SSSR count). The summed E-state index contributed by atoms with van der Waals surface area (Å²) in [5.74, 6) is -1.37. The van der Waals surface area contributed by atoms with Gasteiger partial charge in [0.15, 0.2) is 0 Å². The Morgan fingerprint density at radius 3 is 2.27 bits per heavy atom. The molecule has 26 heavy (non-hydrogen) atoms. The van der Waals surface area contributed by atoms with Crippen LogP contribution in [0.15, 0.2) is 54.6 Å². The molecule has 136 valence electrons. The lowest BCUT2D eigenvalue weighted by molar-refractivity contribution is -0.136. The van der Waals surface area contributed by atoms with Gasteiger partial charge in [0.25, 0.3) is 0 Å². The van der Waals surface area contributed by atoms with Gasteiger partial charge in [-0.2, -0.15) is 0 Å². The molecular weight excluding hydrogens is 354 g/mol. The predicted octanol–water partition coefficient (Wildman–Crippen LogP) is 1.48. The quantitative estimate of drug-likeness (QED) is 0.794. The second kappa shape index (κ2) is 7.57. The topological polar surface area (TPSA) is 95.6 Å². The predicted molar refractivity (Wildman–Crippen MR) is 99.1 cm³/mol. The number of sulfonamides is 1. The van der Waals surface area contributed by atoms with Crippen LogP contribution in [0, 0.1) is 0 Å². The number of anilines is 2. The summed E-state index contributed by atoms with van der Waals surface area (Å²) >= 11 is 0. The van der Waals surface area contributed by atoms with E-state index in [1.54, 1.807) is 24.3 Å². The largest absolute Gasteiger partial charge is 0.344 e. The molecule has 1 fully saturated rings. The minimum absolute atomic E-state index is 0.146. The molecule has 1 aliphatic heterocycles. The van der Waals surface area contributed by atoms with Gasteiger partial charge in [0.1, 0.15) is 0 Å². The molecule has 1 heterocycles. The Bertz CT molecular complexity index is 896. The summed E-state index contributed by atoms with van der Waals surface area (Å²) in [5, 5.41) is 5.04. The molecule has 2 N–H and O–H groups in total. The average Bonchev–Trinajstić information content (AvgIpc) is 3.00. The van der Waals surface area contributed by atoms with Gasteiger partial charge in [-0.15, -0.1) is 0 Å². The van der Waals surface area contributed by atoms with Crippen LogP contribution in [0.4, 0.5) is 11.4 Å². The van der Waals surface area contributed by atoms with E-state index in [9.17, 15) is 18.0 Å². The Labute approximate surface area is 152 Å². The van der Waals surface area contributed by atoms with Crippen LogP contribution in [0.3, 0.4) is 0 Å². The molecule has 0 spiro atoms. The van der Waals surface area contributed by atoms with Gasteiger partial charge >= 0.3 is 11.8 Å². The number of nitrogens with one attached hydrogen (secondary N) is 2. The normalized spacial score (nSPS) is 15.5. The summed E-state index contributed by atoms with van der Waals surface area (Å²) in [7, 11) is -3.24. The second-order valence-electron chi connectivity index (χ2n) is 5.91. The summed E-state index contributed by atoms with van der Waals surface area (Å²) in [6, 6.07) is 15.6. The van der Waals surface area contributed by atoms with E-state index in [-0.39, 0.29) is 12.3 Å². The van der Waals surface area contributed by atoms with Crippen LogP contribution in [0.1, 0.15) is 12.0 Å². The van der Waals surface area contributed by atoms with E-state index in [0.29, 0.717) is 24.3 Å². The number of carbonyl (C=O) groups excluding carboxylic acids is 2. The first-order valence-corrected chi connectivity index (χ1v) is 9.80. The van der Waals surface area contributed by atoms with Gasteiger partial charge in [-0.05, 0) is 36.2 Å². The number of nitrogens with zero attached hydrogens (tertiary/aromatic N) is 1. The van der Waals surface area contributed by atoms with Gasteiger partial charge in [0.2, 0.25) is 10.0 Å². The zero-order chi connectivity index (χ0) is 18.6. The second-order valence-corrected chi connectivity index (χ2v) is 7.92. The number of hydrogen-bond donors (Lipinski definition) is 2. The summed E-state index contributed by atoms with van der Waals surface area (Å²) in [4.78, 5) is 23.8. The molecular formula is C18H19N3O4S. The van der Waals surface area contributed by atoms with Crippen LogP contribution < -0.4 is 14.9 Å². The fourth-order valence-electron chi connectivity index (χ4n) is 2.69. The molecule has 0 radical (unpaired) electrons. The van der Waals surface area contributed by atoms with Crippen LogP contribution in [0.5, 0.6) is 0 Å². The zero-order valence-corrected chi connectivity index (χ0v) is 14.8. The summed E-state index contributed by atoms with van der Waals surface area (Å²) < 4.78 is 25.2. The monoisotopic (exact) mass is 373 g/mol. The number of benzene rings is 2. The van der Waals surface area contributed by atoms with Gasteiger partial charge in [0, 0.05) is 18.8 Å². The first-order chi connectivity index (χ1) is 12.5. The first-order valence-electron chi connectivity index (χ1n) is 8.19. The summed E-state index contributed by atoms with van der Waals surface area (Å²) in [6.07, 6.45) is 0.600. The molecule has 1 aliphatic rings. The molecule has 0 aliphatic carbocycles. The Balaban J connectivity index is 1.56. The lowest BCUT2D eigenvalue weighted by Crippen LogP contribution is -2.34. The van der Waals surface area contributed by atoms with Gasteiger partial charge in [-0.3, -0.25) is 13.9 Å². The lowest BCUT2D eigenvalue weighted by Gasteiger charge is -2.17. The molecule has 0 bridgehead atoms. The van der Waals surface area contributed by atoms with E-state index in [4.69, 9.17) is 0 Å². The van der Waals surface area contributed by atoms with Gasteiger partial charge in [-0.25, -0.2) is 8.42 Å². The van der Waals surface area contributed by atoms with Crippen molar-refractivity contribution < 1.29 is 18.0 Å². The van der Waals surface area contributed by atoms with E-state index >= 15 is 0 Å². The van der Waals surface area contributed by atoms with Crippen LogP contribution in [0.2, 0.25) is 0 Å². The molecule has 2 aromatic rings. The Hall–Kier alpha value is -2.87. The van der Waals surface area contributed by atoms with Crippen LogP contribution in [-0.4, -0.2) is 32.5 Å². The fourth-order valence-corrected chi connectivity index (χ4v) is 4.25. The minimum atomic E-state index is -3.24.